The van der Waals surface area contributed by atoms with E-state index in [1.165, 1.54) is 0 Å². The Hall–Kier alpha value is -2.11. The lowest BCUT2D eigenvalue weighted by molar-refractivity contribution is -0.576. The topological polar surface area (TPSA) is 210 Å². The van der Waals surface area contributed by atoms with Gasteiger partial charge in [0.05, 0.1) is 24.9 Å². The first kappa shape index (κ1) is 48.8. The molecule has 70 heavy (non-hydrogen) atoms. The van der Waals surface area contributed by atoms with E-state index in [2.05, 4.69) is 20.8 Å². The van der Waals surface area contributed by atoms with Crippen molar-refractivity contribution in [1.82, 2.24) is 0 Å². The van der Waals surface area contributed by atoms with Crippen LogP contribution in [0, 0.1) is 65.1 Å². The van der Waals surface area contributed by atoms with Gasteiger partial charge in [0, 0.05) is 55.3 Å². The summed E-state index contributed by atoms with van der Waals surface area (Å²) in [5.74, 6) is -5.70. The standard InChI is InChI=1S/C51H74O19/c1-25-9-12-30-21-39(59-42-49(30)31(25)15-18-45(6,62-42)65-68-49)56-36(52)22-48(55,23-37(53)57-40-28(4)34-13-10-26(2)32-16-19-46(7)63-43(60-40)50(32,34)69-66-46)24-38(54)58-41-29(5)35-14-11-27(3)33-17-20-47(8)64-44(61-41)51(33,35)70-67-47/h25-35,39-44,55H,9-24H2,1-8H3/t25-,26-,27-,28-,29-,30+,31+,32+,33+,34+,35+,39?,40?,41?,42-,43-,44-,45?,46?,47?,48?,49+,50-,51-/m1/s1. The molecule has 3 spiro atoms. The molecule has 392 valence electrons. The van der Waals surface area contributed by atoms with Crippen molar-refractivity contribution >= 4 is 17.9 Å². The minimum atomic E-state index is -2.35. The number of fused-ring (bicyclic) bond motifs is 6. The number of esters is 3. The van der Waals surface area contributed by atoms with E-state index in [9.17, 15) is 19.5 Å². The summed E-state index contributed by atoms with van der Waals surface area (Å²) < 4.78 is 57.1. The van der Waals surface area contributed by atoms with Crippen molar-refractivity contribution in [2.45, 2.75) is 236 Å². The second-order valence-corrected chi connectivity index (χ2v) is 24.6. The highest BCUT2D eigenvalue weighted by atomic mass is 17.3. The second-order valence-electron chi connectivity index (χ2n) is 24.6. The minimum absolute atomic E-state index is 0.0921. The van der Waals surface area contributed by atoms with Gasteiger partial charge >= 0.3 is 17.9 Å². The van der Waals surface area contributed by atoms with Crippen molar-refractivity contribution < 1.29 is 91.4 Å². The summed E-state index contributed by atoms with van der Waals surface area (Å²) in [5.41, 5.74) is -5.01. The van der Waals surface area contributed by atoms with Gasteiger partial charge < -0.3 is 47.7 Å². The summed E-state index contributed by atoms with van der Waals surface area (Å²) in [6, 6.07) is 0. The van der Waals surface area contributed by atoms with Crippen LogP contribution in [0.25, 0.3) is 0 Å². The molecule has 0 aromatic heterocycles. The van der Waals surface area contributed by atoms with E-state index in [0.717, 1.165) is 57.8 Å². The number of hydrogen-bond acceptors (Lipinski definition) is 19. The largest absolute Gasteiger partial charge is 0.436 e. The Kier molecular flexibility index (Phi) is 11.8. The highest BCUT2D eigenvalue weighted by Crippen LogP contribution is 2.63. The zero-order valence-corrected chi connectivity index (χ0v) is 41.9. The average molecular weight is 991 g/mol. The smallest absolute Gasteiger partial charge is 0.311 e. The zero-order valence-electron chi connectivity index (χ0n) is 41.9. The molecule has 23 atom stereocenters. The van der Waals surface area contributed by atoms with E-state index in [-0.39, 0.29) is 47.3 Å². The summed E-state index contributed by atoms with van der Waals surface area (Å²) in [5, 5.41) is 12.6. The number of ether oxygens (including phenoxy) is 9. The van der Waals surface area contributed by atoms with Crippen LogP contribution in [0.4, 0.5) is 0 Å². The fraction of sp³-hybridized carbons (Fsp3) is 0.941. The lowest BCUT2D eigenvalue weighted by atomic mass is 9.58. The summed E-state index contributed by atoms with van der Waals surface area (Å²) in [6.45, 7) is 16.0. The van der Waals surface area contributed by atoms with Gasteiger partial charge in [-0.25, -0.2) is 29.3 Å². The zero-order chi connectivity index (χ0) is 49.0. The fourth-order valence-corrected chi connectivity index (χ4v) is 16.2. The van der Waals surface area contributed by atoms with Crippen LogP contribution in [0.15, 0.2) is 0 Å². The highest BCUT2D eigenvalue weighted by Gasteiger charge is 2.73. The molecule has 3 aliphatic carbocycles. The monoisotopic (exact) mass is 990 g/mol. The third-order valence-corrected chi connectivity index (χ3v) is 20.0. The van der Waals surface area contributed by atoms with E-state index < -0.39 is 115 Å². The molecule has 12 heterocycles. The predicted octanol–water partition coefficient (Wildman–Crippen LogP) is 6.90. The van der Waals surface area contributed by atoms with Crippen molar-refractivity contribution in [3.63, 3.8) is 0 Å². The van der Waals surface area contributed by atoms with Gasteiger partial charge in [0.1, 0.15) is 0 Å². The molecule has 0 aromatic carbocycles. The number of hydrogen-bond donors (Lipinski definition) is 1. The molecule has 12 saturated heterocycles. The molecule has 15 aliphatic rings. The van der Waals surface area contributed by atoms with E-state index in [4.69, 9.17) is 72.0 Å². The Morgan fingerprint density at radius 3 is 1.33 bits per heavy atom. The molecule has 12 aliphatic heterocycles. The van der Waals surface area contributed by atoms with Crippen LogP contribution < -0.4 is 0 Å². The quantitative estimate of drug-likeness (QED) is 0.142. The Morgan fingerprint density at radius 2 is 0.871 bits per heavy atom. The Bertz CT molecular complexity index is 1980. The van der Waals surface area contributed by atoms with Crippen LogP contribution in [0.2, 0.25) is 0 Å². The molecule has 15 fully saturated rings. The first-order chi connectivity index (χ1) is 33.2. The molecule has 1 N–H and O–H groups in total. The first-order valence-corrected chi connectivity index (χ1v) is 26.6. The number of aliphatic hydroxyl groups is 1. The lowest BCUT2D eigenvalue weighted by Gasteiger charge is -2.60. The van der Waals surface area contributed by atoms with Crippen molar-refractivity contribution in [1.29, 1.82) is 0 Å². The van der Waals surface area contributed by atoms with E-state index >= 15 is 0 Å². The van der Waals surface area contributed by atoms with Crippen molar-refractivity contribution in [2.24, 2.45) is 65.1 Å². The van der Waals surface area contributed by atoms with Gasteiger partial charge in [0.2, 0.25) is 36.2 Å². The van der Waals surface area contributed by atoms with Crippen LogP contribution in [0.5, 0.6) is 0 Å². The maximum absolute atomic E-state index is 14.3. The predicted molar refractivity (Wildman–Crippen MR) is 233 cm³/mol. The number of carbonyl (C=O) groups excluding carboxylic acids is 3. The summed E-state index contributed by atoms with van der Waals surface area (Å²) in [7, 11) is 0. The Balaban J connectivity index is 0.777. The Labute approximate surface area is 409 Å². The fourth-order valence-electron chi connectivity index (χ4n) is 16.2. The van der Waals surface area contributed by atoms with Gasteiger partial charge in [-0.15, -0.1) is 0 Å². The van der Waals surface area contributed by atoms with Crippen molar-refractivity contribution in [3.05, 3.63) is 0 Å². The van der Waals surface area contributed by atoms with Gasteiger partial charge in [-0.2, -0.15) is 0 Å². The third-order valence-electron chi connectivity index (χ3n) is 20.0. The van der Waals surface area contributed by atoms with Gasteiger partial charge in [0.15, 0.2) is 35.7 Å². The SMILES string of the molecule is C[C@@H]1CC[C@H]2[C@@H](C)C(OC(=O)CC(O)(CC(=O)OC3C[C@@H]4CC[C@@H](C)[C@@H]5CCC6(C)OO[C@@]45[C@H](O3)O6)CC(=O)OC3O[C@@H]4OC5(C)CC[C@H]6[C@H](C)CC[C@@H]([C@H]3C)[C@@]46OO5)O[C@@H]3OC4(C)CC[C@@H]1[C@]32OO4. The van der Waals surface area contributed by atoms with Crippen molar-refractivity contribution in [3.8, 4) is 0 Å². The maximum atomic E-state index is 14.3. The molecule has 19 nitrogen and oxygen atoms in total. The molecule has 0 aromatic rings. The summed E-state index contributed by atoms with van der Waals surface area (Å²) in [6.07, 6.45) is 1.49. The minimum Gasteiger partial charge on any atom is -0.436 e. The molecule has 15 rings (SSSR count). The van der Waals surface area contributed by atoms with Gasteiger partial charge in [-0.3, -0.25) is 14.4 Å². The highest BCUT2D eigenvalue weighted by molar-refractivity contribution is 5.79. The molecular weight excluding hydrogens is 917 g/mol. The summed E-state index contributed by atoms with van der Waals surface area (Å²) >= 11 is 0. The molecular formula is C51H74O19. The normalized spacial score (nSPS) is 54.7. The third kappa shape index (κ3) is 7.53. The molecule has 19 heteroatoms. The lowest BCUT2D eigenvalue weighted by Crippen LogP contribution is -2.70. The number of carbonyl (C=O) groups is 3. The van der Waals surface area contributed by atoms with Gasteiger partial charge in [-0.1, -0.05) is 34.6 Å². The van der Waals surface area contributed by atoms with Crippen LogP contribution in [0.1, 0.15) is 158 Å². The van der Waals surface area contributed by atoms with E-state index in [1.807, 2.05) is 34.6 Å². The van der Waals surface area contributed by atoms with Crippen LogP contribution in [-0.2, 0) is 86.3 Å². The molecule has 6 unspecified atom stereocenters. The van der Waals surface area contributed by atoms with Crippen LogP contribution in [-0.4, -0.2) is 101 Å². The molecule has 6 bridgehead atoms. The van der Waals surface area contributed by atoms with Crippen LogP contribution in [0.3, 0.4) is 0 Å². The van der Waals surface area contributed by atoms with E-state index in [1.54, 1.807) is 0 Å². The first-order valence-electron chi connectivity index (χ1n) is 26.6. The molecule has 0 radical (unpaired) electrons. The number of rotatable bonds is 9. The van der Waals surface area contributed by atoms with Gasteiger partial charge in [-0.05, 0) is 114 Å². The molecule has 0 amide bonds. The maximum Gasteiger partial charge on any atom is 0.311 e. The average Bonchev–Trinajstić information content (AvgIpc) is 3.77. The van der Waals surface area contributed by atoms with Crippen LogP contribution >= 0.6 is 0 Å². The van der Waals surface area contributed by atoms with Crippen molar-refractivity contribution in [2.75, 3.05) is 0 Å². The second kappa shape index (κ2) is 17.0. The van der Waals surface area contributed by atoms with E-state index in [0.29, 0.717) is 43.4 Å². The molecule has 3 saturated carbocycles. The summed E-state index contributed by atoms with van der Waals surface area (Å²) in [4.78, 5) is 79.5. The van der Waals surface area contributed by atoms with Gasteiger partial charge in [0.25, 0.3) is 0 Å². The Morgan fingerprint density at radius 1 is 0.486 bits per heavy atom.